The van der Waals surface area contributed by atoms with Crippen LogP contribution in [-0.2, 0) is 59.8 Å². The molecule has 384 valence electrons. The first kappa shape index (κ1) is 51.6. The molecule has 18 heteroatoms. The van der Waals surface area contributed by atoms with Crippen molar-refractivity contribution >= 4 is 58.3 Å². The van der Waals surface area contributed by atoms with Gasteiger partial charge in [-0.3, -0.25) is 48.1 Å². The molecule has 0 radical (unpaired) electrons. The number of rotatable bonds is 19. The zero-order valence-corrected chi connectivity index (χ0v) is 41.7. The summed E-state index contributed by atoms with van der Waals surface area (Å²) in [4.78, 5) is 108. The number of nitrogens with two attached hydrogens (primary N) is 1. The van der Waals surface area contributed by atoms with E-state index < -0.39 is 71.4 Å². The van der Waals surface area contributed by atoms with Crippen LogP contribution in [0, 0.1) is 0 Å². The third-order valence-electron chi connectivity index (χ3n) is 13.7. The summed E-state index contributed by atoms with van der Waals surface area (Å²) >= 11 is 0. The van der Waals surface area contributed by atoms with Gasteiger partial charge in [-0.25, -0.2) is 9.59 Å². The first-order chi connectivity index (χ1) is 35.0. The van der Waals surface area contributed by atoms with E-state index in [0.29, 0.717) is 30.0 Å². The number of ether oxygens (including phenoxy) is 2. The van der Waals surface area contributed by atoms with Gasteiger partial charge in [0, 0.05) is 31.9 Å². The van der Waals surface area contributed by atoms with E-state index in [1.807, 2.05) is 91.0 Å². The largest absolute Gasteiger partial charge is 0.493 e. The van der Waals surface area contributed by atoms with Crippen LogP contribution < -0.4 is 42.3 Å². The van der Waals surface area contributed by atoms with E-state index in [2.05, 4.69) is 21.3 Å². The molecule has 0 bridgehead atoms. The highest BCUT2D eigenvalue weighted by Crippen LogP contribution is 2.43. The Hall–Kier alpha value is -7.76. The molecule has 3 aliphatic heterocycles. The van der Waals surface area contributed by atoms with Crippen LogP contribution in [0.2, 0.25) is 0 Å². The topological polar surface area (TPSA) is 242 Å². The van der Waals surface area contributed by atoms with E-state index in [1.54, 1.807) is 27.8 Å². The van der Waals surface area contributed by atoms with Gasteiger partial charge in [0.05, 0.1) is 29.4 Å². The molecule has 1 saturated heterocycles. The number of imide groups is 1. The molecule has 0 aliphatic carbocycles. The molecular formula is C55H64N8O10. The lowest BCUT2D eigenvalue weighted by Crippen LogP contribution is -2.57. The number of alkyl carbamates (subject to hydrolysis) is 1. The Labute approximate surface area is 423 Å². The fourth-order valence-electron chi connectivity index (χ4n) is 10.1. The average Bonchev–Trinajstić information content (AvgIpc) is 3.81. The van der Waals surface area contributed by atoms with Gasteiger partial charge in [-0.2, -0.15) is 0 Å². The number of piperidine rings is 1. The van der Waals surface area contributed by atoms with Gasteiger partial charge in [0.1, 0.15) is 35.5 Å². The van der Waals surface area contributed by atoms with Gasteiger partial charge in [0.25, 0.3) is 0 Å². The minimum absolute atomic E-state index is 0.0935. The Morgan fingerprint density at radius 2 is 1.52 bits per heavy atom. The molecule has 0 saturated carbocycles. The van der Waals surface area contributed by atoms with E-state index in [1.165, 1.54) is 14.0 Å². The number of aryl methyl sites for hydroxylation is 2. The third kappa shape index (κ3) is 12.0. The summed E-state index contributed by atoms with van der Waals surface area (Å²) < 4.78 is 15.0. The fraction of sp³-hybridized carbons (Fsp3) is 0.418. The maximum absolute atomic E-state index is 14.7. The summed E-state index contributed by atoms with van der Waals surface area (Å²) in [6.07, 6.45) is 4.20. The summed E-state index contributed by atoms with van der Waals surface area (Å²) in [5, 5.41) is 11.0. The summed E-state index contributed by atoms with van der Waals surface area (Å²) in [7, 11) is 1.68. The van der Waals surface area contributed by atoms with Crippen LogP contribution >= 0.6 is 0 Å². The van der Waals surface area contributed by atoms with E-state index in [0.717, 1.165) is 65.4 Å². The number of primary amides is 1. The predicted molar refractivity (Wildman–Crippen MR) is 272 cm³/mol. The maximum Gasteiger partial charge on any atom is 0.408 e. The zero-order valence-electron chi connectivity index (χ0n) is 41.7. The minimum Gasteiger partial charge on any atom is -0.493 e. The number of aromatic nitrogens is 2. The van der Waals surface area contributed by atoms with Crippen LogP contribution in [0.5, 0.6) is 5.75 Å². The molecular weight excluding hydrogens is 933 g/mol. The Morgan fingerprint density at radius 3 is 2.19 bits per heavy atom. The van der Waals surface area contributed by atoms with Gasteiger partial charge in [0.2, 0.25) is 35.4 Å². The number of anilines is 1. The van der Waals surface area contributed by atoms with Gasteiger partial charge in [-0.05, 0) is 106 Å². The number of nitrogens with one attached hydrogen (secondary N) is 4. The highest BCUT2D eigenvalue weighted by Gasteiger charge is 2.46. The van der Waals surface area contributed by atoms with Crippen molar-refractivity contribution in [2.75, 3.05) is 11.5 Å². The second-order valence-electron chi connectivity index (χ2n) is 20.1. The van der Waals surface area contributed by atoms with Gasteiger partial charge in [0.15, 0.2) is 0 Å². The number of carbonyl (C=O) groups is 7. The molecule has 73 heavy (non-hydrogen) atoms. The van der Waals surface area contributed by atoms with Gasteiger partial charge >= 0.3 is 11.8 Å². The summed E-state index contributed by atoms with van der Waals surface area (Å²) in [6.45, 7) is 5.55. The number of carbonyl (C=O) groups excluding carboxylic acids is 7. The molecule has 3 aliphatic rings. The molecule has 1 unspecified atom stereocenters. The van der Waals surface area contributed by atoms with E-state index in [4.69, 9.17) is 15.2 Å². The first-order valence-electron chi connectivity index (χ1n) is 25.1. The Morgan fingerprint density at radius 1 is 0.822 bits per heavy atom. The highest BCUT2D eigenvalue weighted by molar-refractivity contribution is 6.08. The van der Waals surface area contributed by atoms with Crippen molar-refractivity contribution in [1.82, 2.24) is 30.4 Å². The van der Waals surface area contributed by atoms with Crippen LogP contribution in [0.3, 0.4) is 0 Å². The van der Waals surface area contributed by atoms with Crippen LogP contribution in [0.25, 0.3) is 11.0 Å². The van der Waals surface area contributed by atoms with E-state index in [-0.39, 0.29) is 50.1 Å². The van der Waals surface area contributed by atoms with E-state index in [9.17, 15) is 38.4 Å². The third-order valence-corrected chi connectivity index (χ3v) is 13.7. The number of unbranched alkanes of at least 4 members (excludes halogenated alkanes) is 3. The average molecular weight is 997 g/mol. The number of benzene rings is 4. The molecule has 7 amide bonds. The lowest BCUT2D eigenvalue weighted by molar-refractivity contribution is -0.136. The Bertz CT molecular complexity index is 2920. The van der Waals surface area contributed by atoms with Crippen molar-refractivity contribution in [3.8, 4) is 5.75 Å². The Balaban J connectivity index is 0.947. The molecule has 1 aromatic heterocycles. The number of imidazole rings is 1. The molecule has 5 aromatic rings. The molecule has 1 fully saturated rings. The molecule has 4 atom stereocenters. The molecule has 6 N–H and O–H groups in total. The highest BCUT2D eigenvalue weighted by atomic mass is 16.6. The van der Waals surface area contributed by atoms with Crippen molar-refractivity contribution in [3.05, 3.63) is 129 Å². The smallest absolute Gasteiger partial charge is 0.408 e. The SMILES string of the molecule is Cn1c(=O)n(C2CCC(=O)NC2=O)c2ccc(CCCCCCOc3ccc4c5c3CC[C@H](NC(=O)OC(C)(C)C)C(=O)N5[C@H](C(=O)N[C@@H](CCC(N)=O)C(=O)NC(c3ccccc3)c3ccccc3)C4)cc21. The summed E-state index contributed by atoms with van der Waals surface area (Å²) in [6, 6.07) is 23.6. The number of fused-ring (bicyclic) bond motifs is 1. The standard InChI is InChI=1S/C55H64N8O10/c1-55(2,3)73-53(70)58-39-23-22-37-44(72-30-14-6-5-9-15-33-20-25-40-42(31-33)61(4)54(71)62(40)41-26-29-46(65)59-50(41)67)27-21-36-32-43(63(48(36)37)52(39)69)51(68)57-38(24-28-45(56)64)49(66)60-47(34-16-10-7-11-17-34)35-18-12-8-13-19-35/h7-8,10-13,16-21,25,27,31,38-39,41,43,47H,5-6,9,14-15,22-24,26,28-30,32H2,1-4H3,(H2,56,64)(H,57,68)(H,58,70)(H,60,66)(H,59,65,67)/t38-,39-,41?,43-/m0/s1. The monoisotopic (exact) mass is 996 g/mol. The van der Waals surface area contributed by atoms with Crippen molar-refractivity contribution in [2.45, 2.75) is 134 Å². The summed E-state index contributed by atoms with van der Waals surface area (Å²) in [5.41, 5.74) is 10.4. The second-order valence-corrected chi connectivity index (χ2v) is 20.1. The van der Waals surface area contributed by atoms with E-state index >= 15 is 0 Å². The number of hydrogen-bond acceptors (Lipinski definition) is 10. The van der Waals surface area contributed by atoms with Gasteiger partial charge < -0.3 is 31.2 Å². The van der Waals surface area contributed by atoms with Crippen molar-refractivity contribution < 1.29 is 43.0 Å². The molecule has 4 aromatic carbocycles. The molecule has 4 heterocycles. The fourth-order valence-corrected chi connectivity index (χ4v) is 10.1. The zero-order chi connectivity index (χ0) is 52.0. The van der Waals surface area contributed by atoms with Gasteiger partial charge in [-0.1, -0.05) is 85.6 Å². The molecule has 8 rings (SSSR count). The number of nitrogens with zero attached hydrogens (tertiary/aromatic N) is 3. The second kappa shape index (κ2) is 22.3. The summed E-state index contributed by atoms with van der Waals surface area (Å²) in [5.74, 6) is -2.57. The normalized spacial score (nSPS) is 17.9. The van der Waals surface area contributed by atoms with Crippen molar-refractivity contribution in [2.24, 2.45) is 12.8 Å². The van der Waals surface area contributed by atoms with Crippen LogP contribution in [0.1, 0.15) is 118 Å². The van der Waals surface area contributed by atoms with Crippen LogP contribution in [0.15, 0.2) is 95.8 Å². The first-order valence-corrected chi connectivity index (χ1v) is 25.1. The molecule has 18 nitrogen and oxygen atoms in total. The van der Waals surface area contributed by atoms with Crippen molar-refractivity contribution in [3.63, 3.8) is 0 Å². The number of amides is 7. The lowest BCUT2D eigenvalue weighted by Gasteiger charge is -2.30. The predicted octanol–water partition coefficient (Wildman–Crippen LogP) is 5.25. The Kier molecular flexibility index (Phi) is 15.8. The number of hydrogen-bond donors (Lipinski definition) is 5. The van der Waals surface area contributed by atoms with Crippen molar-refractivity contribution in [1.29, 1.82) is 0 Å². The minimum atomic E-state index is -1.20. The van der Waals surface area contributed by atoms with Gasteiger partial charge in [-0.15, -0.1) is 0 Å². The quantitative estimate of drug-likeness (QED) is 0.0532. The maximum atomic E-state index is 14.7. The van der Waals surface area contributed by atoms with Crippen LogP contribution in [0.4, 0.5) is 10.5 Å². The van der Waals surface area contributed by atoms with Crippen LogP contribution in [-0.4, -0.2) is 81.0 Å². The molecule has 0 spiro atoms. The lowest BCUT2D eigenvalue weighted by atomic mass is 9.97.